The third-order valence-corrected chi connectivity index (χ3v) is 4.30. The van der Waals surface area contributed by atoms with E-state index in [-0.39, 0.29) is 5.91 Å². The molecular formula is C16H20N2O. The number of carbonyl (C=O) groups excluding carboxylic acids is 1. The fraction of sp³-hybridized carbons (Fsp3) is 0.438. The molecule has 0 saturated carbocycles. The maximum atomic E-state index is 11.6. The van der Waals surface area contributed by atoms with Crippen LogP contribution in [0.5, 0.6) is 0 Å². The van der Waals surface area contributed by atoms with Crippen molar-refractivity contribution in [3.05, 3.63) is 48.6 Å². The van der Waals surface area contributed by atoms with Crippen LogP contribution < -0.4 is 0 Å². The predicted octanol–water partition coefficient (Wildman–Crippen LogP) is 1.76. The van der Waals surface area contributed by atoms with Crippen molar-refractivity contribution in [2.24, 2.45) is 11.8 Å². The molecule has 0 bridgehead atoms. The molecule has 2 aliphatic heterocycles. The van der Waals surface area contributed by atoms with E-state index in [0.717, 1.165) is 32.7 Å². The molecule has 0 radical (unpaired) electrons. The molecule has 3 heteroatoms. The average molecular weight is 256 g/mol. The second-order valence-electron chi connectivity index (χ2n) is 5.65. The zero-order valence-electron chi connectivity index (χ0n) is 11.2. The topological polar surface area (TPSA) is 23.6 Å². The second kappa shape index (κ2) is 5.17. The van der Waals surface area contributed by atoms with Crippen molar-refractivity contribution in [1.29, 1.82) is 0 Å². The van der Waals surface area contributed by atoms with Crippen LogP contribution >= 0.6 is 0 Å². The number of hydrogen-bond donors (Lipinski definition) is 0. The molecule has 0 aliphatic carbocycles. The van der Waals surface area contributed by atoms with Gasteiger partial charge in [0, 0.05) is 32.7 Å². The number of nitrogens with zero attached hydrogens (tertiary/aromatic N) is 2. The van der Waals surface area contributed by atoms with Crippen molar-refractivity contribution in [3.63, 3.8) is 0 Å². The van der Waals surface area contributed by atoms with Gasteiger partial charge in [0.25, 0.3) is 0 Å². The molecule has 1 aromatic carbocycles. The number of benzene rings is 1. The molecule has 2 heterocycles. The number of amides is 1. The third-order valence-electron chi connectivity index (χ3n) is 4.30. The van der Waals surface area contributed by atoms with E-state index >= 15 is 0 Å². The van der Waals surface area contributed by atoms with Crippen LogP contribution in [0.1, 0.15) is 5.56 Å². The molecule has 3 nitrogen and oxygen atoms in total. The second-order valence-corrected chi connectivity index (χ2v) is 5.65. The predicted molar refractivity (Wildman–Crippen MR) is 75.5 cm³/mol. The minimum Gasteiger partial charge on any atom is -0.339 e. The van der Waals surface area contributed by atoms with E-state index < -0.39 is 0 Å². The number of carbonyl (C=O) groups is 1. The van der Waals surface area contributed by atoms with Gasteiger partial charge in [0.2, 0.25) is 5.91 Å². The molecule has 0 aromatic heterocycles. The van der Waals surface area contributed by atoms with Crippen LogP contribution in [0.15, 0.2) is 43.0 Å². The van der Waals surface area contributed by atoms with Crippen molar-refractivity contribution in [2.75, 3.05) is 26.2 Å². The number of rotatable bonds is 3. The summed E-state index contributed by atoms with van der Waals surface area (Å²) in [5.41, 5.74) is 1.38. The summed E-state index contributed by atoms with van der Waals surface area (Å²) in [7, 11) is 0. The number of likely N-dealkylation sites (tertiary alicyclic amines) is 2. The zero-order valence-corrected chi connectivity index (χ0v) is 11.2. The Bertz CT molecular complexity index is 457. The Morgan fingerprint density at radius 2 is 1.79 bits per heavy atom. The Morgan fingerprint density at radius 1 is 1.16 bits per heavy atom. The first-order valence-corrected chi connectivity index (χ1v) is 6.94. The van der Waals surface area contributed by atoms with Gasteiger partial charge < -0.3 is 4.90 Å². The molecule has 2 fully saturated rings. The monoisotopic (exact) mass is 256 g/mol. The van der Waals surface area contributed by atoms with E-state index in [1.165, 1.54) is 11.6 Å². The van der Waals surface area contributed by atoms with Gasteiger partial charge in [-0.2, -0.15) is 0 Å². The lowest BCUT2D eigenvalue weighted by Crippen LogP contribution is -2.31. The standard InChI is InChI=1S/C16H20N2O/c1-2-16(19)18-11-14-9-17(10-15(14)12-18)8-13-6-4-3-5-7-13/h2-7,14-15H,1,8-12H2. The fourth-order valence-electron chi connectivity index (χ4n) is 3.37. The molecule has 3 rings (SSSR count). The molecule has 2 atom stereocenters. The average Bonchev–Trinajstić information content (AvgIpc) is 2.97. The van der Waals surface area contributed by atoms with Gasteiger partial charge >= 0.3 is 0 Å². The summed E-state index contributed by atoms with van der Waals surface area (Å²) in [6, 6.07) is 10.6. The highest BCUT2D eigenvalue weighted by molar-refractivity contribution is 5.87. The quantitative estimate of drug-likeness (QED) is 0.769. The minimum absolute atomic E-state index is 0.0870. The zero-order chi connectivity index (χ0) is 13.2. The molecular weight excluding hydrogens is 236 g/mol. The number of hydrogen-bond acceptors (Lipinski definition) is 2. The summed E-state index contributed by atoms with van der Waals surface area (Å²) in [5.74, 6) is 1.38. The van der Waals surface area contributed by atoms with Gasteiger partial charge in [0.15, 0.2) is 0 Å². The van der Waals surface area contributed by atoms with Gasteiger partial charge in [0.05, 0.1) is 0 Å². The first-order valence-electron chi connectivity index (χ1n) is 6.94. The number of fused-ring (bicyclic) bond motifs is 1. The smallest absolute Gasteiger partial charge is 0.245 e. The van der Waals surface area contributed by atoms with E-state index in [9.17, 15) is 4.79 Å². The highest BCUT2D eigenvalue weighted by Gasteiger charge is 2.40. The summed E-state index contributed by atoms with van der Waals surface area (Å²) in [6.45, 7) is 8.63. The minimum atomic E-state index is 0.0870. The maximum Gasteiger partial charge on any atom is 0.245 e. The third kappa shape index (κ3) is 2.56. The van der Waals surface area contributed by atoms with E-state index in [4.69, 9.17) is 0 Å². The van der Waals surface area contributed by atoms with E-state index in [1.54, 1.807) is 0 Å². The molecule has 0 spiro atoms. The summed E-state index contributed by atoms with van der Waals surface area (Å²) in [5, 5.41) is 0. The van der Waals surface area contributed by atoms with Gasteiger partial charge in [-0.1, -0.05) is 36.9 Å². The van der Waals surface area contributed by atoms with E-state index in [1.807, 2.05) is 4.90 Å². The Hall–Kier alpha value is -1.61. The highest BCUT2D eigenvalue weighted by atomic mass is 16.2. The normalized spacial score (nSPS) is 26.4. The van der Waals surface area contributed by atoms with Gasteiger partial charge in [-0.05, 0) is 23.5 Å². The summed E-state index contributed by atoms with van der Waals surface area (Å²) >= 11 is 0. The van der Waals surface area contributed by atoms with E-state index in [0.29, 0.717) is 11.8 Å². The molecule has 1 aromatic rings. The Kier molecular flexibility index (Phi) is 3.38. The van der Waals surface area contributed by atoms with Crippen molar-refractivity contribution in [3.8, 4) is 0 Å². The lowest BCUT2D eigenvalue weighted by atomic mass is 10.0. The van der Waals surface area contributed by atoms with Crippen LogP contribution in [0.25, 0.3) is 0 Å². The van der Waals surface area contributed by atoms with Gasteiger partial charge in [-0.25, -0.2) is 0 Å². The van der Waals surface area contributed by atoms with E-state index in [2.05, 4.69) is 41.8 Å². The van der Waals surface area contributed by atoms with Crippen LogP contribution in [0.2, 0.25) is 0 Å². The molecule has 100 valence electrons. The van der Waals surface area contributed by atoms with Crippen molar-refractivity contribution >= 4 is 5.91 Å². The molecule has 1 amide bonds. The van der Waals surface area contributed by atoms with Crippen LogP contribution in [0.3, 0.4) is 0 Å². The van der Waals surface area contributed by atoms with Crippen molar-refractivity contribution in [1.82, 2.24) is 9.80 Å². The molecule has 2 unspecified atom stereocenters. The lowest BCUT2D eigenvalue weighted by Gasteiger charge is -2.20. The summed E-state index contributed by atoms with van der Waals surface area (Å²) in [4.78, 5) is 16.1. The van der Waals surface area contributed by atoms with Crippen LogP contribution in [0.4, 0.5) is 0 Å². The van der Waals surface area contributed by atoms with Crippen LogP contribution in [-0.2, 0) is 11.3 Å². The Labute approximate surface area is 114 Å². The van der Waals surface area contributed by atoms with Gasteiger partial charge in [-0.15, -0.1) is 0 Å². The largest absolute Gasteiger partial charge is 0.339 e. The summed E-state index contributed by atoms with van der Waals surface area (Å²) < 4.78 is 0. The van der Waals surface area contributed by atoms with Gasteiger partial charge in [0.1, 0.15) is 0 Å². The first-order chi connectivity index (χ1) is 9.26. The SMILES string of the molecule is C=CC(=O)N1CC2CN(Cc3ccccc3)CC2C1. The lowest BCUT2D eigenvalue weighted by molar-refractivity contribution is -0.125. The van der Waals surface area contributed by atoms with Crippen LogP contribution in [-0.4, -0.2) is 41.9 Å². The Balaban J connectivity index is 1.56. The van der Waals surface area contributed by atoms with Crippen molar-refractivity contribution in [2.45, 2.75) is 6.54 Å². The molecule has 0 N–H and O–H groups in total. The molecule has 2 aliphatic rings. The summed E-state index contributed by atoms with van der Waals surface area (Å²) in [6.07, 6.45) is 1.43. The maximum absolute atomic E-state index is 11.6. The Morgan fingerprint density at radius 3 is 2.37 bits per heavy atom. The molecule has 2 saturated heterocycles. The molecule has 19 heavy (non-hydrogen) atoms. The highest BCUT2D eigenvalue weighted by Crippen LogP contribution is 2.31. The van der Waals surface area contributed by atoms with Crippen LogP contribution in [0, 0.1) is 11.8 Å². The van der Waals surface area contributed by atoms with Gasteiger partial charge in [-0.3, -0.25) is 9.69 Å². The van der Waals surface area contributed by atoms with Crippen molar-refractivity contribution < 1.29 is 4.79 Å². The first kappa shape index (κ1) is 12.4. The fourth-order valence-corrected chi connectivity index (χ4v) is 3.37.